The first-order chi connectivity index (χ1) is 14.5. The van der Waals surface area contributed by atoms with Crippen LogP contribution in [0.4, 0.5) is 4.39 Å². The lowest BCUT2D eigenvalue weighted by molar-refractivity contribution is 0.571. The minimum absolute atomic E-state index is 0.000137. The molecule has 1 heterocycles. The highest BCUT2D eigenvalue weighted by molar-refractivity contribution is 7.89. The average molecular weight is 418 g/mol. The molecule has 0 saturated heterocycles. The first-order valence-corrected chi connectivity index (χ1v) is 10.9. The Morgan fingerprint density at radius 3 is 2.13 bits per heavy atom. The number of sulfonamides is 1. The average Bonchev–Trinajstić information content (AvgIpc) is 2.79. The van der Waals surface area contributed by atoms with Crippen LogP contribution in [0.15, 0.2) is 108 Å². The van der Waals surface area contributed by atoms with Gasteiger partial charge in [0.15, 0.2) is 0 Å². The number of nitrogens with one attached hydrogen (secondary N) is 1. The molecule has 0 fully saturated rings. The second-order valence-corrected chi connectivity index (χ2v) is 8.44. The van der Waals surface area contributed by atoms with Gasteiger partial charge in [0.2, 0.25) is 10.0 Å². The van der Waals surface area contributed by atoms with E-state index in [1.165, 1.54) is 12.1 Å². The first kappa shape index (κ1) is 19.9. The van der Waals surface area contributed by atoms with Crippen LogP contribution in [0.25, 0.3) is 11.3 Å². The van der Waals surface area contributed by atoms with E-state index in [1.54, 1.807) is 6.20 Å². The number of rotatable bonds is 6. The van der Waals surface area contributed by atoms with Crippen molar-refractivity contribution >= 4 is 10.0 Å². The maximum absolute atomic E-state index is 13.3. The number of aromatic nitrogens is 1. The molecule has 4 nitrogen and oxygen atoms in total. The summed E-state index contributed by atoms with van der Waals surface area (Å²) in [5, 5.41) is 0. The molecule has 0 amide bonds. The van der Waals surface area contributed by atoms with Crippen LogP contribution in [0.2, 0.25) is 0 Å². The molecule has 0 aliphatic heterocycles. The Kier molecular flexibility index (Phi) is 5.70. The SMILES string of the molecule is O=S(=O)(NC(c1ccccc1)c1ccccc1-c1ccccn1)c1ccc(F)cc1. The fourth-order valence-corrected chi connectivity index (χ4v) is 4.50. The molecule has 0 aliphatic carbocycles. The van der Waals surface area contributed by atoms with E-state index >= 15 is 0 Å². The summed E-state index contributed by atoms with van der Waals surface area (Å²) in [6.07, 6.45) is 1.70. The van der Waals surface area contributed by atoms with Crippen LogP contribution in [0.3, 0.4) is 0 Å². The highest BCUT2D eigenvalue weighted by Crippen LogP contribution is 2.32. The Balaban J connectivity index is 1.83. The number of benzene rings is 3. The Labute approximate surface area is 175 Å². The van der Waals surface area contributed by atoms with E-state index in [-0.39, 0.29) is 4.90 Å². The van der Waals surface area contributed by atoms with E-state index in [1.807, 2.05) is 72.8 Å². The molecule has 0 saturated carbocycles. The van der Waals surface area contributed by atoms with Crippen molar-refractivity contribution in [3.8, 4) is 11.3 Å². The molecule has 4 rings (SSSR count). The minimum Gasteiger partial charge on any atom is -0.256 e. The number of hydrogen-bond donors (Lipinski definition) is 1. The highest BCUT2D eigenvalue weighted by atomic mass is 32.2. The first-order valence-electron chi connectivity index (χ1n) is 9.38. The van der Waals surface area contributed by atoms with Gasteiger partial charge in [0.1, 0.15) is 5.82 Å². The van der Waals surface area contributed by atoms with E-state index in [0.717, 1.165) is 34.5 Å². The Hall–Kier alpha value is -3.35. The molecule has 0 spiro atoms. The van der Waals surface area contributed by atoms with Gasteiger partial charge in [0.05, 0.1) is 16.6 Å². The third-order valence-corrected chi connectivity index (χ3v) is 6.18. The van der Waals surface area contributed by atoms with Crippen LogP contribution in [0.1, 0.15) is 17.2 Å². The van der Waals surface area contributed by atoms with Gasteiger partial charge in [-0.2, -0.15) is 4.72 Å². The van der Waals surface area contributed by atoms with Gasteiger partial charge >= 0.3 is 0 Å². The molecule has 4 aromatic rings. The fraction of sp³-hybridized carbons (Fsp3) is 0.0417. The van der Waals surface area contributed by atoms with Crippen molar-refractivity contribution < 1.29 is 12.8 Å². The van der Waals surface area contributed by atoms with Crippen LogP contribution >= 0.6 is 0 Å². The molecule has 0 bridgehead atoms. The zero-order valence-electron chi connectivity index (χ0n) is 15.9. The van der Waals surface area contributed by atoms with Crippen LogP contribution in [-0.4, -0.2) is 13.4 Å². The van der Waals surface area contributed by atoms with Gasteiger partial charge < -0.3 is 0 Å². The lowest BCUT2D eigenvalue weighted by Gasteiger charge is -2.22. The van der Waals surface area contributed by atoms with Crippen molar-refractivity contribution in [1.29, 1.82) is 0 Å². The molecular formula is C24H19FN2O2S. The van der Waals surface area contributed by atoms with Gasteiger partial charge in [-0.1, -0.05) is 60.7 Å². The lowest BCUT2D eigenvalue weighted by Crippen LogP contribution is -2.30. The van der Waals surface area contributed by atoms with Gasteiger partial charge in [-0.15, -0.1) is 0 Å². The zero-order chi connectivity index (χ0) is 21.0. The van der Waals surface area contributed by atoms with Gasteiger partial charge in [-0.05, 0) is 47.5 Å². The van der Waals surface area contributed by atoms with Gasteiger partial charge in [-0.25, -0.2) is 12.8 Å². The minimum atomic E-state index is -3.91. The van der Waals surface area contributed by atoms with Crippen molar-refractivity contribution in [3.63, 3.8) is 0 Å². The topological polar surface area (TPSA) is 59.1 Å². The normalized spacial score (nSPS) is 12.4. The van der Waals surface area contributed by atoms with Crippen molar-refractivity contribution in [2.75, 3.05) is 0 Å². The summed E-state index contributed by atoms with van der Waals surface area (Å²) in [4.78, 5) is 4.43. The van der Waals surface area contributed by atoms with E-state index < -0.39 is 21.9 Å². The zero-order valence-corrected chi connectivity index (χ0v) is 16.8. The second kappa shape index (κ2) is 8.57. The molecular weight excluding hydrogens is 399 g/mol. The van der Waals surface area contributed by atoms with Gasteiger partial charge in [0, 0.05) is 11.8 Å². The number of nitrogens with zero attached hydrogens (tertiary/aromatic N) is 1. The third-order valence-electron chi connectivity index (χ3n) is 4.74. The standard InChI is InChI=1S/C24H19FN2O2S/c25-19-13-15-20(16-14-19)30(28,29)27-24(18-8-2-1-3-9-18)22-11-5-4-10-21(22)23-12-6-7-17-26-23/h1-17,24,27H. The summed E-state index contributed by atoms with van der Waals surface area (Å²) in [6.45, 7) is 0. The second-order valence-electron chi connectivity index (χ2n) is 6.72. The predicted molar refractivity (Wildman–Crippen MR) is 115 cm³/mol. The largest absolute Gasteiger partial charge is 0.256 e. The monoisotopic (exact) mass is 418 g/mol. The molecule has 1 atom stereocenters. The summed E-state index contributed by atoms with van der Waals surface area (Å²) in [5.74, 6) is -0.492. The molecule has 1 N–H and O–H groups in total. The number of halogens is 1. The molecule has 0 radical (unpaired) electrons. The number of hydrogen-bond acceptors (Lipinski definition) is 3. The lowest BCUT2D eigenvalue weighted by atomic mass is 9.93. The fourth-order valence-electron chi connectivity index (χ4n) is 3.30. The van der Waals surface area contributed by atoms with E-state index in [2.05, 4.69) is 9.71 Å². The van der Waals surface area contributed by atoms with Crippen molar-refractivity contribution in [2.45, 2.75) is 10.9 Å². The molecule has 6 heteroatoms. The summed E-state index contributed by atoms with van der Waals surface area (Å²) in [7, 11) is -3.91. The molecule has 3 aromatic carbocycles. The molecule has 0 aliphatic rings. The third kappa shape index (κ3) is 4.30. The maximum Gasteiger partial charge on any atom is 0.241 e. The Morgan fingerprint density at radius 1 is 0.767 bits per heavy atom. The van der Waals surface area contributed by atoms with E-state index in [4.69, 9.17) is 0 Å². The Morgan fingerprint density at radius 2 is 1.43 bits per heavy atom. The predicted octanol–water partition coefficient (Wildman–Crippen LogP) is 4.96. The van der Waals surface area contributed by atoms with Crippen molar-refractivity contribution in [3.05, 3.63) is 120 Å². The van der Waals surface area contributed by atoms with Gasteiger partial charge in [0.25, 0.3) is 0 Å². The highest BCUT2D eigenvalue weighted by Gasteiger charge is 2.25. The molecule has 150 valence electrons. The van der Waals surface area contributed by atoms with E-state index in [9.17, 15) is 12.8 Å². The van der Waals surface area contributed by atoms with Gasteiger partial charge in [-0.3, -0.25) is 4.98 Å². The number of pyridine rings is 1. The van der Waals surface area contributed by atoms with E-state index in [0.29, 0.717) is 0 Å². The smallest absolute Gasteiger partial charge is 0.241 e. The molecule has 1 aromatic heterocycles. The maximum atomic E-state index is 13.3. The summed E-state index contributed by atoms with van der Waals surface area (Å²) >= 11 is 0. The quantitative estimate of drug-likeness (QED) is 0.482. The van der Waals surface area contributed by atoms with Crippen LogP contribution < -0.4 is 4.72 Å². The summed E-state index contributed by atoms with van der Waals surface area (Å²) in [6, 6.07) is 26.6. The van der Waals surface area contributed by atoms with Crippen LogP contribution in [-0.2, 0) is 10.0 Å². The summed E-state index contributed by atoms with van der Waals surface area (Å²) < 4.78 is 42.3. The van der Waals surface area contributed by atoms with Crippen molar-refractivity contribution in [2.24, 2.45) is 0 Å². The van der Waals surface area contributed by atoms with Crippen molar-refractivity contribution in [1.82, 2.24) is 9.71 Å². The van der Waals surface area contributed by atoms with Crippen LogP contribution in [0, 0.1) is 5.82 Å². The van der Waals surface area contributed by atoms with Crippen LogP contribution in [0.5, 0.6) is 0 Å². The summed E-state index contributed by atoms with van der Waals surface area (Å²) in [5.41, 5.74) is 3.13. The molecule has 1 unspecified atom stereocenters. The molecule has 30 heavy (non-hydrogen) atoms. The Bertz CT molecular complexity index is 1230.